The number of likely N-dealkylation sites (N-methyl/N-ethyl adjacent to an activating group) is 1. The molecule has 0 bridgehead atoms. The lowest BCUT2D eigenvalue weighted by Gasteiger charge is -2.32. The summed E-state index contributed by atoms with van der Waals surface area (Å²) < 4.78 is 5.22. The van der Waals surface area contributed by atoms with Gasteiger partial charge in [0.2, 0.25) is 0 Å². The molecular weight excluding hydrogens is 362 g/mol. The Morgan fingerprint density at radius 1 is 1.32 bits per heavy atom. The van der Waals surface area contributed by atoms with E-state index in [0.29, 0.717) is 44.7 Å². The van der Waals surface area contributed by atoms with E-state index in [1.54, 1.807) is 23.1 Å². The minimum absolute atomic E-state index is 0.0614. The maximum absolute atomic E-state index is 12.3. The van der Waals surface area contributed by atoms with Gasteiger partial charge in [0.05, 0.1) is 10.8 Å². The van der Waals surface area contributed by atoms with Crippen LogP contribution in [-0.4, -0.2) is 54.5 Å². The standard InChI is InChI=1S/C20H27N3O5/c1-4-21(13-15(2)3)19(24)14-28-20(25)16-9-11-22(12-10-16)17-7-5-6-8-18(17)23(26)27/h5-8,16H,2,4,9-14H2,1,3H3. The summed E-state index contributed by atoms with van der Waals surface area (Å²) in [5.41, 5.74) is 1.49. The first kappa shape index (κ1) is 21.4. The summed E-state index contributed by atoms with van der Waals surface area (Å²) in [4.78, 5) is 38.8. The first-order valence-electron chi connectivity index (χ1n) is 9.40. The molecule has 8 heteroatoms. The van der Waals surface area contributed by atoms with Gasteiger partial charge in [0.15, 0.2) is 6.61 Å². The summed E-state index contributed by atoms with van der Waals surface area (Å²) in [5, 5.41) is 11.2. The SMILES string of the molecule is C=C(C)CN(CC)C(=O)COC(=O)C1CCN(c2ccccc2[N+](=O)[O-])CC1. The molecule has 0 atom stereocenters. The van der Waals surface area contributed by atoms with Crippen molar-refractivity contribution in [2.75, 3.05) is 37.7 Å². The normalized spacial score (nSPS) is 14.4. The van der Waals surface area contributed by atoms with Crippen molar-refractivity contribution in [3.05, 3.63) is 46.5 Å². The van der Waals surface area contributed by atoms with Gasteiger partial charge in [-0.15, -0.1) is 0 Å². The highest BCUT2D eigenvalue weighted by molar-refractivity contribution is 5.81. The summed E-state index contributed by atoms with van der Waals surface area (Å²) in [5.74, 6) is -0.929. The Morgan fingerprint density at radius 3 is 2.54 bits per heavy atom. The quantitative estimate of drug-likeness (QED) is 0.294. The van der Waals surface area contributed by atoms with Crippen LogP contribution >= 0.6 is 0 Å². The number of anilines is 1. The van der Waals surface area contributed by atoms with Crippen molar-refractivity contribution in [1.29, 1.82) is 0 Å². The number of para-hydroxylation sites is 2. The van der Waals surface area contributed by atoms with Crippen molar-refractivity contribution in [2.24, 2.45) is 5.92 Å². The van der Waals surface area contributed by atoms with Crippen LogP contribution in [0.2, 0.25) is 0 Å². The van der Waals surface area contributed by atoms with E-state index in [1.807, 2.05) is 18.7 Å². The second-order valence-corrected chi connectivity index (χ2v) is 6.98. The molecule has 152 valence electrons. The smallest absolute Gasteiger partial charge is 0.309 e. The Morgan fingerprint density at radius 2 is 1.96 bits per heavy atom. The van der Waals surface area contributed by atoms with Gasteiger partial charge < -0.3 is 14.5 Å². The Labute approximate surface area is 164 Å². The second-order valence-electron chi connectivity index (χ2n) is 6.98. The minimum atomic E-state index is -0.397. The van der Waals surface area contributed by atoms with Crippen LogP contribution in [0.25, 0.3) is 0 Å². The van der Waals surface area contributed by atoms with Crippen LogP contribution in [0.4, 0.5) is 11.4 Å². The fourth-order valence-electron chi connectivity index (χ4n) is 3.29. The first-order valence-corrected chi connectivity index (χ1v) is 9.40. The van der Waals surface area contributed by atoms with E-state index < -0.39 is 4.92 Å². The highest BCUT2D eigenvalue weighted by Gasteiger charge is 2.29. The van der Waals surface area contributed by atoms with E-state index in [1.165, 1.54) is 6.07 Å². The number of piperidine rings is 1. The molecular formula is C20H27N3O5. The van der Waals surface area contributed by atoms with Gasteiger partial charge in [-0.2, -0.15) is 0 Å². The zero-order chi connectivity index (χ0) is 20.7. The number of hydrogen-bond donors (Lipinski definition) is 0. The molecule has 28 heavy (non-hydrogen) atoms. The van der Waals surface area contributed by atoms with Crippen molar-refractivity contribution in [2.45, 2.75) is 26.7 Å². The maximum atomic E-state index is 12.3. The van der Waals surface area contributed by atoms with E-state index >= 15 is 0 Å². The zero-order valence-electron chi connectivity index (χ0n) is 16.4. The Hall–Kier alpha value is -2.90. The lowest BCUT2D eigenvalue weighted by molar-refractivity contribution is -0.384. The molecule has 1 aliphatic heterocycles. The number of carbonyl (C=O) groups excluding carboxylic acids is 2. The number of ether oxygens (including phenoxy) is 1. The average molecular weight is 389 g/mol. The summed E-state index contributed by atoms with van der Waals surface area (Å²) in [7, 11) is 0. The molecule has 0 unspecified atom stereocenters. The number of nitro groups is 1. The van der Waals surface area contributed by atoms with Gasteiger partial charge in [-0.1, -0.05) is 24.3 Å². The molecule has 0 saturated carbocycles. The molecule has 0 radical (unpaired) electrons. The number of amides is 1. The summed E-state index contributed by atoms with van der Waals surface area (Å²) >= 11 is 0. The maximum Gasteiger partial charge on any atom is 0.309 e. The molecule has 0 aliphatic carbocycles. The van der Waals surface area contributed by atoms with Crippen LogP contribution in [0.15, 0.2) is 36.4 Å². The molecule has 0 spiro atoms. The van der Waals surface area contributed by atoms with E-state index in [0.717, 1.165) is 5.57 Å². The van der Waals surface area contributed by atoms with Crippen LogP contribution in [0.5, 0.6) is 0 Å². The van der Waals surface area contributed by atoms with Gasteiger partial charge in [0.25, 0.3) is 11.6 Å². The number of nitro benzene ring substituents is 1. The number of carbonyl (C=O) groups is 2. The summed E-state index contributed by atoms with van der Waals surface area (Å²) in [6.45, 7) is 9.24. The average Bonchev–Trinajstić information content (AvgIpc) is 2.69. The van der Waals surface area contributed by atoms with Gasteiger partial charge in [0.1, 0.15) is 5.69 Å². The molecule has 1 aromatic carbocycles. The van der Waals surface area contributed by atoms with Gasteiger partial charge in [-0.25, -0.2) is 0 Å². The first-order chi connectivity index (χ1) is 13.3. The molecule has 1 amide bonds. The van der Waals surface area contributed by atoms with Crippen LogP contribution < -0.4 is 4.90 Å². The molecule has 0 aromatic heterocycles. The molecule has 1 fully saturated rings. The minimum Gasteiger partial charge on any atom is -0.455 e. The lowest BCUT2D eigenvalue weighted by atomic mass is 9.96. The highest BCUT2D eigenvalue weighted by Crippen LogP contribution is 2.31. The van der Waals surface area contributed by atoms with Crippen molar-refractivity contribution in [1.82, 2.24) is 4.90 Å². The fraction of sp³-hybridized carbons (Fsp3) is 0.500. The number of nitrogens with zero attached hydrogens (tertiary/aromatic N) is 3. The Balaban J connectivity index is 1.86. The van der Waals surface area contributed by atoms with Crippen molar-refractivity contribution >= 4 is 23.3 Å². The Bertz CT molecular complexity index is 741. The molecule has 1 aromatic rings. The van der Waals surface area contributed by atoms with Crippen molar-refractivity contribution in [3.8, 4) is 0 Å². The summed E-state index contributed by atoms with van der Waals surface area (Å²) in [6, 6.07) is 6.59. The number of esters is 1. The van der Waals surface area contributed by atoms with E-state index in [9.17, 15) is 19.7 Å². The molecule has 1 aliphatic rings. The fourth-order valence-corrected chi connectivity index (χ4v) is 3.29. The van der Waals surface area contributed by atoms with Crippen LogP contribution in [0, 0.1) is 16.0 Å². The molecule has 2 rings (SSSR count). The number of hydrogen-bond acceptors (Lipinski definition) is 6. The van der Waals surface area contributed by atoms with E-state index in [2.05, 4.69) is 6.58 Å². The second kappa shape index (κ2) is 9.87. The predicted octanol–water partition coefficient (Wildman–Crippen LogP) is 2.78. The van der Waals surface area contributed by atoms with Gasteiger partial charge in [0, 0.05) is 32.2 Å². The third kappa shape index (κ3) is 5.55. The monoisotopic (exact) mass is 389 g/mol. The van der Waals surface area contributed by atoms with Gasteiger partial charge in [-0.3, -0.25) is 19.7 Å². The summed E-state index contributed by atoms with van der Waals surface area (Å²) in [6.07, 6.45) is 1.06. The lowest BCUT2D eigenvalue weighted by Crippen LogP contribution is -2.39. The van der Waals surface area contributed by atoms with Crippen molar-refractivity contribution in [3.63, 3.8) is 0 Å². The van der Waals surface area contributed by atoms with Crippen LogP contribution in [-0.2, 0) is 14.3 Å². The molecule has 1 saturated heterocycles. The predicted molar refractivity (Wildman–Crippen MR) is 106 cm³/mol. The van der Waals surface area contributed by atoms with Gasteiger partial charge >= 0.3 is 5.97 Å². The molecule has 1 heterocycles. The highest BCUT2D eigenvalue weighted by atomic mass is 16.6. The topological polar surface area (TPSA) is 93.0 Å². The molecule has 0 N–H and O–H groups in total. The Kier molecular flexibility index (Phi) is 7.54. The molecule has 8 nitrogen and oxygen atoms in total. The number of benzene rings is 1. The number of rotatable bonds is 8. The van der Waals surface area contributed by atoms with Gasteiger partial charge in [-0.05, 0) is 32.8 Å². The third-order valence-corrected chi connectivity index (χ3v) is 4.78. The zero-order valence-corrected chi connectivity index (χ0v) is 16.4. The van der Waals surface area contributed by atoms with Crippen LogP contribution in [0.1, 0.15) is 26.7 Å². The van der Waals surface area contributed by atoms with Crippen molar-refractivity contribution < 1.29 is 19.2 Å². The van der Waals surface area contributed by atoms with E-state index in [4.69, 9.17) is 4.74 Å². The largest absolute Gasteiger partial charge is 0.455 e. The van der Waals surface area contributed by atoms with Crippen LogP contribution in [0.3, 0.4) is 0 Å². The third-order valence-electron chi connectivity index (χ3n) is 4.78. The van der Waals surface area contributed by atoms with E-state index in [-0.39, 0.29) is 30.1 Å².